The Bertz CT molecular complexity index is 306. The fourth-order valence-electron chi connectivity index (χ4n) is 2.24. The SMILES string of the molecule is Cc1nsc(NC(CN)C2CCCC2)n1. The average molecular weight is 226 g/mol. The van der Waals surface area contributed by atoms with E-state index in [0.717, 1.165) is 16.9 Å². The van der Waals surface area contributed by atoms with Gasteiger partial charge in [0.1, 0.15) is 5.82 Å². The number of aromatic nitrogens is 2. The van der Waals surface area contributed by atoms with E-state index in [1.807, 2.05) is 6.92 Å². The topological polar surface area (TPSA) is 63.8 Å². The van der Waals surface area contributed by atoms with E-state index in [4.69, 9.17) is 5.73 Å². The van der Waals surface area contributed by atoms with Crippen LogP contribution < -0.4 is 11.1 Å². The van der Waals surface area contributed by atoms with Gasteiger partial charge in [0, 0.05) is 24.1 Å². The van der Waals surface area contributed by atoms with Crippen molar-refractivity contribution in [3.8, 4) is 0 Å². The first kappa shape index (κ1) is 10.8. The van der Waals surface area contributed by atoms with Gasteiger partial charge in [-0.3, -0.25) is 0 Å². The van der Waals surface area contributed by atoms with Crippen LogP contribution in [0.15, 0.2) is 0 Å². The smallest absolute Gasteiger partial charge is 0.202 e. The lowest BCUT2D eigenvalue weighted by Gasteiger charge is -2.22. The normalized spacial score (nSPS) is 19.3. The van der Waals surface area contributed by atoms with Crippen molar-refractivity contribution >= 4 is 16.7 Å². The molecule has 1 aliphatic carbocycles. The Labute approximate surface area is 94.5 Å². The predicted molar refractivity (Wildman–Crippen MR) is 63.1 cm³/mol. The average Bonchev–Trinajstić information content (AvgIpc) is 2.85. The van der Waals surface area contributed by atoms with Gasteiger partial charge in [-0.2, -0.15) is 4.37 Å². The fraction of sp³-hybridized carbons (Fsp3) is 0.800. The minimum absolute atomic E-state index is 0.375. The van der Waals surface area contributed by atoms with Crippen LogP contribution in [-0.2, 0) is 0 Å². The molecule has 1 aliphatic rings. The van der Waals surface area contributed by atoms with Gasteiger partial charge < -0.3 is 11.1 Å². The second kappa shape index (κ2) is 4.90. The summed E-state index contributed by atoms with van der Waals surface area (Å²) >= 11 is 1.42. The molecule has 5 heteroatoms. The predicted octanol–water partition coefficient (Wildman–Crippen LogP) is 1.78. The van der Waals surface area contributed by atoms with E-state index in [1.165, 1.54) is 37.2 Å². The second-order valence-electron chi connectivity index (χ2n) is 4.18. The van der Waals surface area contributed by atoms with Crippen molar-refractivity contribution in [1.29, 1.82) is 0 Å². The minimum atomic E-state index is 0.375. The quantitative estimate of drug-likeness (QED) is 0.821. The van der Waals surface area contributed by atoms with Crippen LogP contribution in [0.25, 0.3) is 0 Å². The summed E-state index contributed by atoms with van der Waals surface area (Å²) in [5, 5.41) is 4.32. The maximum atomic E-state index is 5.80. The van der Waals surface area contributed by atoms with Crippen molar-refractivity contribution in [3.63, 3.8) is 0 Å². The highest BCUT2D eigenvalue weighted by Gasteiger charge is 2.24. The van der Waals surface area contributed by atoms with Crippen molar-refractivity contribution in [2.45, 2.75) is 38.6 Å². The zero-order valence-corrected chi connectivity index (χ0v) is 9.89. The molecule has 1 fully saturated rings. The standard InChI is InChI=1S/C10H18N4S/c1-7-12-10(15-14-7)13-9(6-11)8-4-2-3-5-8/h8-9H,2-6,11H2,1H3,(H,12,13,14). The number of nitrogens with two attached hydrogens (primary N) is 1. The number of rotatable bonds is 4. The summed E-state index contributed by atoms with van der Waals surface area (Å²) in [6.07, 6.45) is 5.29. The molecule has 0 amide bonds. The molecule has 0 radical (unpaired) electrons. The van der Waals surface area contributed by atoms with Gasteiger partial charge in [0.05, 0.1) is 0 Å². The van der Waals surface area contributed by atoms with E-state index in [9.17, 15) is 0 Å². The molecule has 1 atom stereocenters. The third-order valence-corrected chi connectivity index (χ3v) is 3.80. The van der Waals surface area contributed by atoms with Crippen LogP contribution in [0, 0.1) is 12.8 Å². The highest BCUT2D eigenvalue weighted by Crippen LogP contribution is 2.29. The number of nitrogens with zero attached hydrogens (tertiary/aromatic N) is 2. The highest BCUT2D eigenvalue weighted by atomic mass is 32.1. The molecule has 1 aromatic rings. The van der Waals surface area contributed by atoms with Gasteiger partial charge in [-0.1, -0.05) is 12.8 Å². The summed E-state index contributed by atoms with van der Waals surface area (Å²) in [6.45, 7) is 2.60. The molecule has 3 N–H and O–H groups in total. The van der Waals surface area contributed by atoms with E-state index >= 15 is 0 Å². The molecule has 1 heterocycles. The second-order valence-corrected chi connectivity index (χ2v) is 4.93. The summed E-state index contributed by atoms with van der Waals surface area (Å²) < 4.78 is 4.16. The molecule has 84 valence electrons. The number of aryl methyl sites for hydroxylation is 1. The molecule has 15 heavy (non-hydrogen) atoms. The maximum absolute atomic E-state index is 5.80. The van der Waals surface area contributed by atoms with Crippen molar-refractivity contribution in [3.05, 3.63) is 5.82 Å². The number of anilines is 1. The van der Waals surface area contributed by atoms with E-state index in [0.29, 0.717) is 12.6 Å². The van der Waals surface area contributed by atoms with Crippen molar-refractivity contribution in [1.82, 2.24) is 9.36 Å². The Morgan fingerprint density at radius 3 is 2.80 bits per heavy atom. The first-order valence-electron chi connectivity index (χ1n) is 5.56. The van der Waals surface area contributed by atoms with Crippen molar-refractivity contribution in [2.75, 3.05) is 11.9 Å². The molecule has 0 aliphatic heterocycles. The summed E-state index contributed by atoms with van der Waals surface area (Å²) in [5.41, 5.74) is 5.80. The van der Waals surface area contributed by atoms with Gasteiger partial charge >= 0.3 is 0 Å². The maximum Gasteiger partial charge on any atom is 0.202 e. The molecule has 0 spiro atoms. The molecule has 1 saturated carbocycles. The summed E-state index contributed by atoms with van der Waals surface area (Å²) in [4.78, 5) is 4.31. The molecule has 0 aromatic carbocycles. The van der Waals surface area contributed by atoms with Gasteiger partial charge in [0.2, 0.25) is 5.13 Å². The molecule has 1 unspecified atom stereocenters. The molecule has 0 saturated heterocycles. The lowest BCUT2D eigenvalue weighted by atomic mass is 9.98. The van der Waals surface area contributed by atoms with Gasteiger partial charge in [-0.25, -0.2) is 4.98 Å². The minimum Gasteiger partial charge on any atom is -0.356 e. The molecule has 2 rings (SSSR count). The first-order chi connectivity index (χ1) is 7.29. The van der Waals surface area contributed by atoms with Crippen LogP contribution in [0.4, 0.5) is 5.13 Å². The van der Waals surface area contributed by atoms with Crippen LogP contribution in [0.2, 0.25) is 0 Å². The van der Waals surface area contributed by atoms with Crippen LogP contribution >= 0.6 is 11.5 Å². The zero-order valence-electron chi connectivity index (χ0n) is 9.07. The Kier molecular flexibility index (Phi) is 3.53. The third-order valence-electron chi connectivity index (χ3n) is 3.06. The molecule has 4 nitrogen and oxygen atoms in total. The van der Waals surface area contributed by atoms with Gasteiger partial charge in [0.25, 0.3) is 0 Å². The van der Waals surface area contributed by atoms with Crippen LogP contribution in [-0.4, -0.2) is 21.9 Å². The van der Waals surface area contributed by atoms with Crippen LogP contribution in [0.3, 0.4) is 0 Å². The van der Waals surface area contributed by atoms with Gasteiger partial charge in [-0.05, 0) is 25.7 Å². The summed E-state index contributed by atoms with van der Waals surface area (Å²) in [7, 11) is 0. The highest BCUT2D eigenvalue weighted by molar-refractivity contribution is 7.09. The zero-order chi connectivity index (χ0) is 10.7. The van der Waals surface area contributed by atoms with Crippen molar-refractivity contribution < 1.29 is 0 Å². The number of hydrogen-bond donors (Lipinski definition) is 2. The molecule has 1 aromatic heterocycles. The first-order valence-corrected chi connectivity index (χ1v) is 6.34. The third kappa shape index (κ3) is 2.66. The molecule has 0 bridgehead atoms. The number of nitrogens with one attached hydrogen (secondary N) is 1. The van der Waals surface area contributed by atoms with Gasteiger partial charge in [0.15, 0.2) is 0 Å². The number of hydrogen-bond acceptors (Lipinski definition) is 5. The Hall–Kier alpha value is -0.680. The summed E-state index contributed by atoms with van der Waals surface area (Å²) in [5.74, 6) is 1.56. The Balaban J connectivity index is 1.95. The van der Waals surface area contributed by atoms with E-state index in [-0.39, 0.29) is 0 Å². The molecular weight excluding hydrogens is 208 g/mol. The largest absolute Gasteiger partial charge is 0.356 e. The molecular formula is C10H18N4S. The monoisotopic (exact) mass is 226 g/mol. The fourth-order valence-corrected chi connectivity index (χ4v) is 2.88. The van der Waals surface area contributed by atoms with Crippen LogP contribution in [0.1, 0.15) is 31.5 Å². The van der Waals surface area contributed by atoms with E-state index in [2.05, 4.69) is 14.7 Å². The van der Waals surface area contributed by atoms with Crippen molar-refractivity contribution in [2.24, 2.45) is 11.7 Å². The van der Waals surface area contributed by atoms with Gasteiger partial charge in [-0.15, -0.1) is 0 Å². The Morgan fingerprint density at radius 2 is 2.27 bits per heavy atom. The van der Waals surface area contributed by atoms with E-state index in [1.54, 1.807) is 0 Å². The summed E-state index contributed by atoms with van der Waals surface area (Å²) in [6, 6.07) is 0.375. The van der Waals surface area contributed by atoms with E-state index < -0.39 is 0 Å². The lowest BCUT2D eigenvalue weighted by Crippen LogP contribution is -2.35. The lowest BCUT2D eigenvalue weighted by molar-refractivity contribution is 0.462. The van der Waals surface area contributed by atoms with Crippen LogP contribution in [0.5, 0.6) is 0 Å². The Morgan fingerprint density at radius 1 is 1.53 bits per heavy atom.